The molecule has 0 spiro atoms. The Labute approximate surface area is 309 Å². The molecule has 0 aliphatic heterocycles. The molecule has 0 aliphatic carbocycles. The summed E-state index contributed by atoms with van der Waals surface area (Å²) < 4.78 is 17.1. The van der Waals surface area contributed by atoms with E-state index in [-0.39, 0.29) is 19.0 Å². The molecule has 0 fully saturated rings. The minimum atomic E-state index is -1.30. The number of primary amides is 1. The van der Waals surface area contributed by atoms with Crippen molar-refractivity contribution in [3.8, 4) is 0 Å². The Morgan fingerprint density at radius 2 is 0.880 bits per heavy atom. The SMILES string of the molecule is CCCCCCCCCCCCCCCC(=O)OCC(OCCN(CC)CC)C(OC(=O)CCCCCCCCCCCCCCC)C(N)=O. The number of carbonyl (C=O) groups is 3. The number of esters is 2. The predicted molar refractivity (Wildman–Crippen MR) is 208 cm³/mol. The molecule has 1 amide bonds. The molecular weight excluding hydrogens is 628 g/mol. The third-order valence-corrected chi connectivity index (χ3v) is 9.89. The topological polar surface area (TPSA) is 108 Å². The van der Waals surface area contributed by atoms with Gasteiger partial charge in [0, 0.05) is 19.4 Å². The van der Waals surface area contributed by atoms with Gasteiger partial charge in [0.25, 0.3) is 5.91 Å². The summed E-state index contributed by atoms with van der Waals surface area (Å²) in [6.45, 7) is 11.2. The van der Waals surface area contributed by atoms with E-state index in [1.165, 1.54) is 128 Å². The molecule has 296 valence electrons. The number of carbonyl (C=O) groups excluding carboxylic acids is 3. The van der Waals surface area contributed by atoms with Gasteiger partial charge in [0.1, 0.15) is 12.7 Å². The lowest BCUT2D eigenvalue weighted by molar-refractivity contribution is -0.171. The van der Waals surface area contributed by atoms with Crippen LogP contribution >= 0.6 is 0 Å². The predicted octanol–water partition coefficient (Wildman–Crippen LogP) is 10.6. The molecule has 2 unspecified atom stereocenters. The molecule has 2 atom stereocenters. The van der Waals surface area contributed by atoms with E-state index >= 15 is 0 Å². The molecule has 0 aromatic carbocycles. The normalized spacial score (nSPS) is 12.7. The Morgan fingerprint density at radius 1 is 0.520 bits per heavy atom. The summed E-state index contributed by atoms with van der Waals surface area (Å²) in [7, 11) is 0. The molecule has 0 rings (SSSR count). The Bertz CT molecular complexity index is 775. The van der Waals surface area contributed by atoms with Gasteiger partial charge < -0.3 is 24.8 Å². The van der Waals surface area contributed by atoms with Crippen LogP contribution in [-0.4, -0.2) is 67.8 Å². The summed E-state index contributed by atoms with van der Waals surface area (Å²) in [4.78, 5) is 39.9. The molecule has 0 saturated carbocycles. The number of rotatable bonds is 39. The van der Waals surface area contributed by atoms with E-state index in [2.05, 4.69) is 32.6 Å². The highest BCUT2D eigenvalue weighted by atomic mass is 16.6. The molecule has 0 aromatic rings. The number of hydrogen-bond donors (Lipinski definition) is 1. The van der Waals surface area contributed by atoms with Crippen molar-refractivity contribution in [1.82, 2.24) is 4.90 Å². The monoisotopic (exact) mass is 711 g/mol. The van der Waals surface area contributed by atoms with Crippen molar-refractivity contribution in [3.63, 3.8) is 0 Å². The first-order chi connectivity index (χ1) is 24.4. The average Bonchev–Trinajstić information content (AvgIpc) is 3.11. The molecule has 50 heavy (non-hydrogen) atoms. The zero-order valence-corrected chi connectivity index (χ0v) is 33.5. The Hall–Kier alpha value is -1.67. The number of likely N-dealkylation sites (N-methyl/N-ethyl adjacent to an activating group) is 1. The van der Waals surface area contributed by atoms with Crippen LogP contribution in [-0.2, 0) is 28.6 Å². The van der Waals surface area contributed by atoms with Crippen molar-refractivity contribution in [2.75, 3.05) is 32.8 Å². The highest BCUT2D eigenvalue weighted by molar-refractivity contribution is 5.83. The molecule has 8 heteroatoms. The first-order valence-corrected chi connectivity index (χ1v) is 21.4. The van der Waals surface area contributed by atoms with Crippen LogP contribution in [0.4, 0.5) is 0 Å². The number of amides is 1. The van der Waals surface area contributed by atoms with Crippen molar-refractivity contribution < 1.29 is 28.6 Å². The zero-order chi connectivity index (χ0) is 36.9. The molecule has 0 bridgehead atoms. The van der Waals surface area contributed by atoms with Crippen LogP contribution in [0.3, 0.4) is 0 Å². The van der Waals surface area contributed by atoms with E-state index in [9.17, 15) is 14.4 Å². The maximum absolute atomic E-state index is 12.7. The molecule has 0 radical (unpaired) electrons. The molecule has 8 nitrogen and oxygen atoms in total. The molecular formula is C42H82N2O6. The fourth-order valence-corrected chi connectivity index (χ4v) is 6.44. The largest absolute Gasteiger partial charge is 0.463 e. The summed E-state index contributed by atoms with van der Waals surface area (Å²) in [5.41, 5.74) is 5.69. The highest BCUT2D eigenvalue weighted by Gasteiger charge is 2.32. The van der Waals surface area contributed by atoms with Crippen molar-refractivity contribution >= 4 is 17.8 Å². The van der Waals surface area contributed by atoms with Crippen LogP contribution in [0.1, 0.15) is 207 Å². The van der Waals surface area contributed by atoms with Crippen molar-refractivity contribution in [2.24, 2.45) is 5.73 Å². The number of nitrogens with two attached hydrogens (primary N) is 1. The summed E-state index contributed by atoms with van der Waals surface area (Å²) in [6.07, 6.45) is 30.3. The van der Waals surface area contributed by atoms with Crippen LogP contribution in [0, 0.1) is 0 Å². The van der Waals surface area contributed by atoms with Crippen molar-refractivity contribution in [2.45, 2.75) is 220 Å². The fourth-order valence-electron chi connectivity index (χ4n) is 6.44. The Morgan fingerprint density at radius 3 is 1.24 bits per heavy atom. The van der Waals surface area contributed by atoms with Gasteiger partial charge in [-0.3, -0.25) is 14.4 Å². The van der Waals surface area contributed by atoms with Gasteiger partial charge in [-0.25, -0.2) is 0 Å². The van der Waals surface area contributed by atoms with Gasteiger partial charge in [-0.05, 0) is 25.9 Å². The van der Waals surface area contributed by atoms with E-state index in [0.29, 0.717) is 26.0 Å². The number of nitrogens with zero attached hydrogens (tertiary/aromatic N) is 1. The molecule has 0 saturated heterocycles. The van der Waals surface area contributed by atoms with Gasteiger partial charge in [0.05, 0.1) is 6.61 Å². The van der Waals surface area contributed by atoms with Gasteiger partial charge in [-0.15, -0.1) is 0 Å². The van der Waals surface area contributed by atoms with Crippen molar-refractivity contribution in [1.29, 1.82) is 0 Å². The number of hydrogen-bond acceptors (Lipinski definition) is 7. The third-order valence-electron chi connectivity index (χ3n) is 9.89. The smallest absolute Gasteiger partial charge is 0.306 e. The molecule has 2 N–H and O–H groups in total. The van der Waals surface area contributed by atoms with Crippen LogP contribution in [0.15, 0.2) is 0 Å². The zero-order valence-electron chi connectivity index (χ0n) is 33.5. The van der Waals surface area contributed by atoms with Gasteiger partial charge in [-0.2, -0.15) is 0 Å². The lowest BCUT2D eigenvalue weighted by Gasteiger charge is -2.26. The van der Waals surface area contributed by atoms with Crippen LogP contribution < -0.4 is 5.73 Å². The second-order valence-corrected chi connectivity index (χ2v) is 14.4. The summed E-state index contributed by atoms with van der Waals surface area (Å²) in [5.74, 6) is -1.58. The second-order valence-electron chi connectivity index (χ2n) is 14.4. The number of ether oxygens (including phenoxy) is 3. The fraction of sp³-hybridized carbons (Fsp3) is 0.929. The highest BCUT2D eigenvalue weighted by Crippen LogP contribution is 2.16. The van der Waals surface area contributed by atoms with E-state index < -0.39 is 24.1 Å². The third kappa shape index (κ3) is 31.1. The van der Waals surface area contributed by atoms with Crippen LogP contribution in [0.2, 0.25) is 0 Å². The number of unbranched alkanes of at least 4 members (excludes halogenated alkanes) is 24. The van der Waals surface area contributed by atoms with E-state index in [1.54, 1.807) is 0 Å². The lowest BCUT2D eigenvalue weighted by Crippen LogP contribution is -2.47. The van der Waals surface area contributed by atoms with E-state index in [1.807, 2.05) is 0 Å². The summed E-state index contributed by atoms with van der Waals surface area (Å²) >= 11 is 0. The van der Waals surface area contributed by atoms with Gasteiger partial charge in [0.15, 0.2) is 0 Å². The lowest BCUT2D eigenvalue weighted by atomic mass is 10.0. The quantitative estimate of drug-likeness (QED) is 0.0499. The first kappa shape index (κ1) is 48.3. The van der Waals surface area contributed by atoms with Gasteiger partial charge >= 0.3 is 11.9 Å². The Kier molecular flexibility index (Phi) is 35.9. The van der Waals surface area contributed by atoms with Crippen molar-refractivity contribution in [3.05, 3.63) is 0 Å². The van der Waals surface area contributed by atoms with E-state index in [0.717, 1.165) is 45.2 Å². The van der Waals surface area contributed by atoms with Crippen LogP contribution in [0.25, 0.3) is 0 Å². The molecule has 0 aromatic heterocycles. The Balaban J connectivity index is 4.45. The summed E-state index contributed by atoms with van der Waals surface area (Å²) in [6, 6.07) is 0. The van der Waals surface area contributed by atoms with E-state index in [4.69, 9.17) is 19.9 Å². The van der Waals surface area contributed by atoms with Gasteiger partial charge in [0.2, 0.25) is 6.10 Å². The maximum Gasteiger partial charge on any atom is 0.306 e. The standard InChI is InChI=1S/C42H82N2O6/c1-5-9-11-13-15-17-19-21-23-25-27-29-31-33-39(45)49-37-38(48-36-35-44(7-3)8-4)41(42(43)47)50-40(46)34-32-30-28-26-24-22-20-18-16-14-12-10-6-2/h38,41H,5-37H2,1-4H3,(H2,43,47). The van der Waals surface area contributed by atoms with Crippen LogP contribution in [0.5, 0.6) is 0 Å². The average molecular weight is 711 g/mol. The summed E-state index contributed by atoms with van der Waals surface area (Å²) in [5, 5.41) is 0. The first-order valence-electron chi connectivity index (χ1n) is 21.4. The minimum Gasteiger partial charge on any atom is -0.463 e. The maximum atomic E-state index is 12.7. The second kappa shape index (κ2) is 37.1. The molecule has 0 heterocycles. The molecule has 0 aliphatic rings. The van der Waals surface area contributed by atoms with Gasteiger partial charge in [-0.1, -0.05) is 182 Å². The minimum absolute atomic E-state index is 0.171.